The largest absolute Gasteiger partial charge is 0.494 e. The van der Waals surface area contributed by atoms with Gasteiger partial charge in [-0.1, -0.05) is 6.07 Å². The van der Waals surface area contributed by atoms with Crippen molar-refractivity contribution in [1.82, 2.24) is 9.97 Å². The van der Waals surface area contributed by atoms with Crippen LogP contribution >= 0.6 is 0 Å². The third-order valence-corrected chi connectivity index (χ3v) is 3.79. The molecule has 22 heavy (non-hydrogen) atoms. The highest BCUT2D eigenvalue weighted by molar-refractivity contribution is 5.98. The van der Waals surface area contributed by atoms with Crippen molar-refractivity contribution in [3.63, 3.8) is 0 Å². The molecular weight excluding hydrogens is 274 g/mol. The molecule has 3 rings (SSSR count). The zero-order valence-corrected chi connectivity index (χ0v) is 12.7. The molecule has 0 fully saturated rings. The number of fused-ring (bicyclic) bond motifs is 1. The summed E-state index contributed by atoms with van der Waals surface area (Å²) < 4.78 is 5.37. The van der Waals surface area contributed by atoms with Crippen LogP contribution in [0.15, 0.2) is 36.5 Å². The maximum absolute atomic E-state index is 9.44. The first kappa shape index (κ1) is 14.0. The predicted octanol–water partition coefficient (Wildman–Crippen LogP) is 3.79. The fraction of sp³-hybridized carbons (Fsp3) is 0.167. The lowest BCUT2D eigenvalue weighted by Gasteiger charge is -2.12. The van der Waals surface area contributed by atoms with E-state index >= 15 is 0 Å². The highest BCUT2D eigenvalue weighted by atomic mass is 16.5. The number of nitrogens with zero attached hydrogens (tertiary/aromatic N) is 3. The third-order valence-electron chi connectivity index (χ3n) is 3.79. The molecule has 0 atom stereocenters. The summed E-state index contributed by atoms with van der Waals surface area (Å²) in [5.74, 6) is 0.710. The number of rotatable bonds is 2. The van der Waals surface area contributed by atoms with Gasteiger partial charge in [0.1, 0.15) is 17.3 Å². The van der Waals surface area contributed by atoms with Crippen molar-refractivity contribution in [1.29, 1.82) is 5.26 Å². The van der Waals surface area contributed by atoms with Crippen LogP contribution in [-0.2, 0) is 0 Å². The van der Waals surface area contributed by atoms with Gasteiger partial charge in [0.25, 0.3) is 0 Å². The maximum atomic E-state index is 9.44. The summed E-state index contributed by atoms with van der Waals surface area (Å²) in [6.45, 7) is 3.91. The number of aromatic nitrogens is 2. The van der Waals surface area contributed by atoms with E-state index in [4.69, 9.17) is 4.74 Å². The van der Waals surface area contributed by atoms with E-state index in [1.54, 1.807) is 13.3 Å². The van der Waals surface area contributed by atoms with Crippen molar-refractivity contribution < 1.29 is 4.74 Å². The van der Waals surface area contributed by atoms with Gasteiger partial charge in [0.05, 0.1) is 18.4 Å². The Morgan fingerprint density at radius 3 is 2.73 bits per heavy atom. The highest BCUT2D eigenvalue weighted by Crippen LogP contribution is 2.34. The fourth-order valence-corrected chi connectivity index (χ4v) is 2.51. The van der Waals surface area contributed by atoms with E-state index in [1.165, 1.54) is 0 Å². The predicted molar refractivity (Wildman–Crippen MR) is 85.7 cm³/mol. The van der Waals surface area contributed by atoms with Crippen LogP contribution < -0.4 is 4.74 Å². The Balaban J connectivity index is 2.37. The molecule has 0 spiro atoms. The molecular formula is C18H15N3O. The van der Waals surface area contributed by atoms with Crippen molar-refractivity contribution in [2.75, 3.05) is 7.11 Å². The number of methoxy groups -OCH3 is 1. The van der Waals surface area contributed by atoms with Crippen LogP contribution in [-0.4, -0.2) is 17.1 Å². The first-order chi connectivity index (χ1) is 10.7. The molecule has 0 bridgehead atoms. The minimum absolute atomic E-state index is 0.568. The summed E-state index contributed by atoms with van der Waals surface area (Å²) in [6, 6.07) is 11.8. The average Bonchev–Trinajstić information content (AvgIpc) is 2.56. The van der Waals surface area contributed by atoms with E-state index in [2.05, 4.69) is 16.0 Å². The second-order valence-corrected chi connectivity index (χ2v) is 5.11. The molecule has 0 aliphatic heterocycles. The summed E-state index contributed by atoms with van der Waals surface area (Å²) in [6.07, 6.45) is 1.73. The lowest BCUT2D eigenvalue weighted by molar-refractivity contribution is 0.419. The number of hydrogen-bond donors (Lipinski definition) is 0. The second-order valence-electron chi connectivity index (χ2n) is 5.11. The summed E-state index contributed by atoms with van der Waals surface area (Å²) in [5, 5.41) is 10.4. The van der Waals surface area contributed by atoms with E-state index < -0.39 is 0 Å². The number of benzene rings is 1. The Labute approximate surface area is 129 Å². The Morgan fingerprint density at radius 2 is 2.00 bits per heavy atom. The van der Waals surface area contributed by atoms with Gasteiger partial charge in [-0.15, -0.1) is 0 Å². The van der Waals surface area contributed by atoms with Gasteiger partial charge in [0.15, 0.2) is 0 Å². The van der Waals surface area contributed by atoms with Gasteiger partial charge in [-0.3, -0.25) is 9.97 Å². The molecule has 0 saturated carbocycles. The molecule has 3 aromatic rings. The summed E-state index contributed by atoms with van der Waals surface area (Å²) in [7, 11) is 1.62. The number of aryl methyl sites for hydroxylation is 2. The summed E-state index contributed by atoms with van der Waals surface area (Å²) >= 11 is 0. The molecule has 0 saturated heterocycles. The number of pyridine rings is 2. The maximum Gasteiger partial charge on any atom is 0.145 e. The van der Waals surface area contributed by atoms with E-state index in [1.807, 2.05) is 44.2 Å². The number of hydrogen-bond acceptors (Lipinski definition) is 4. The van der Waals surface area contributed by atoms with Crippen molar-refractivity contribution in [3.8, 4) is 23.1 Å². The van der Waals surface area contributed by atoms with Crippen molar-refractivity contribution in [2.45, 2.75) is 13.8 Å². The quantitative estimate of drug-likeness (QED) is 0.720. The minimum atomic E-state index is 0.568. The number of ether oxygens (including phenoxy) is 1. The molecule has 0 aliphatic rings. The molecule has 108 valence electrons. The van der Waals surface area contributed by atoms with Crippen LogP contribution in [0.4, 0.5) is 0 Å². The van der Waals surface area contributed by atoms with E-state index in [9.17, 15) is 5.26 Å². The Kier molecular flexibility index (Phi) is 3.48. The van der Waals surface area contributed by atoms with Crippen molar-refractivity contribution in [2.24, 2.45) is 0 Å². The molecule has 0 N–H and O–H groups in total. The first-order valence-electron chi connectivity index (χ1n) is 6.96. The molecule has 0 aliphatic carbocycles. The van der Waals surface area contributed by atoms with E-state index in [0.29, 0.717) is 17.0 Å². The van der Waals surface area contributed by atoms with Gasteiger partial charge in [0.2, 0.25) is 0 Å². The van der Waals surface area contributed by atoms with Gasteiger partial charge in [0, 0.05) is 22.8 Å². The Morgan fingerprint density at radius 1 is 1.18 bits per heavy atom. The average molecular weight is 289 g/mol. The van der Waals surface area contributed by atoms with Crippen LogP contribution in [0.25, 0.3) is 22.2 Å². The SMILES string of the molecule is COc1ccc(-c2nc(C)c(C)cc2C#N)c2cccnc12. The molecule has 4 nitrogen and oxygen atoms in total. The molecule has 0 amide bonds. The van der Waals surface area contributed by atoms with Crippen LogP contribution in [0, 0.1) is 25.2 Å². The van der Waals surface area contributed by atoms with Gasteiger partial charge < -0.3 is 4.74 Å². The van der Waals surface area contributed by atoms with E-state index in [-0.39, 0.29) is 0 Å². The van der Waals surface area contributed by atoms with Gasteiger partial charge in [-0.05, 0) is 43.7 Å². The van der Waals surface area contributed by atoms with Gasteiger partial charge in [-0.25, -0.2) is 0 Å². The normalized spacial score (nSPS) is 10.5. The van der Waals surface area contributed by atoms with Crippen LogP contribution in [0.2, 0.25) is 0 Å². The molecule has 2 aromatic heterocycles. The molecule has 1 aromatic carbocycles. The van der Waals surface area contributed by atoms with Gasteiger partial charge in [-0.2, -0.15) is 5.26 Å². The highest BCUT2D eigenvalue weighted by Gasteiger charge is 2.14. The van der Waals surface area contributed by atoms with E-state index in [0.717, 1.165) is 27.7 Å². The molecule has 2 heterocycles. The third kappa shape index (κ3) is 2.17. The summed E-state index contributed by atoms with van der Waals surface area (Å²) in [4.78, 5) is 9.03. The van der Waals surface area contributed by atoms with Crippen LogP contribution in [0.3, 0.4) is 0 Å². The van der Waals surface area contributed by atoms with Crippen molar-refractivity contribution >= 4 is 10.9 Å². The topological polar surface area (TPSA) is 58.8 Å². The van der Waals surface area contributed by atoms with Crippen LogP contribution in [0.5, 0.6) is 5.75 Å². The standard InChI is InChI=1S/C18H15N3O/c1-11-9-13(10-19)17(21-12(11)2)15-6-7-16(22-3)18-14(15)5-4-8-20-18/h4-9H,1-3H3. The monoisotopic (exact) mass is 289 g/mol. The Hall–Kier alpha value is -2.93. The summed E-state index contributed by atoms with van der Waals surface area (Å²) in [5.41, 5.74) is 4.85. The Bertz CT molecular complexity index is 910. The smallest absolute Gasteiger partial charge is 0.145 e. The molecule has 0 unspecified atom stereocenters. The minimum Gasteiger partial charge on any atom is -0.494 e. The first-order valence-corrected chi connectivity index (χ1v) is 6.96. The van der Waals surface area contributed by atoms with Crippen LogP contribution in [0.1, 0.15) is 16.8 Å². The zero-order valence-electron chi connectivity index (χ0n) is 12.7. The lowest BCUT2D eigenvalue weighted by Crippen LogP contribution is -1.97. The second kappa shape index (κ2) is 5.45. The zero-order chi connectivity index (χ0) is 15.7. The lowest BCUT2D eigenvalue weighted by atomic mass is 9.99. The number of nitriles is 1. The van der Waals surface area contributed by atoms with Crippen molar-refractivity contribution in [3.05, 3.63) is 53.3 Å². The fourth-order valence-electron chi connectivity index (χ4n) is 2.51. The molecule has 4 heteroatoms. The molecule has 0 radical (unpaired) electrons. The van der Waals surface area contributed by atoms with Gasteiger partial charge >= 0.3 is 0 Å².